The monoisotopic (exact) mass is 262 g/mol. The Hall–Kier alpha value is -0.860. The van der Waals surface area contributed by atoms with Gasteiger partial charge in [-0.1, -0.05) is 58.0 Å². The SMILES string of the molecule is CCNC(CCN(CC)CC(C)C)c1ccccc1. The summed E-state index contributed by atoms with van der Waals surface area (Å²) in [4.78, 5) is 2.55. The fraction of sp³-hybridized carbons (Fsp3) is 0.647. The standard InChI is InChI=1S/C17H30N2/c1-5-18-17(16-10-8-7-9-11-16)12-13-19(6-2)14-15(3)4/h7-11,15,17-18H,5-6,12-14H2,1-4H3. The first-order valence-corrected chi connectivity index (χ1v) is 7.68. The Bertz CT molecular complexity index is 321. The van der Waals surface area contributed by atoms with Crippen LogP contribution in [0.2, 0.25) is 0 Å². The molecule has 1 aromatic carbocycles. The van der Waals surface area contributed by atoms with Crippen molar-refractivity contribution in [3.63, 3.8) is 0 Å². The van der Waals surface area contributed by atoms with Crippen LogP contribution in [0.15, 0.2) is 30.3 Å². The third-order valence-electron chi connectivity index (χ3n) is 3.46. The van der Waals surface area contributed by atoms with Gasteiger partial charge in [0, 0.05) is 12.6 Å². The van der Waals surface area contributed by atoms with E-state index in [1.54, 1.807) is 0 Å². The van der Waals surface area contributed by atoms with Gasteiger partial charge in [-0.2, -0.15) is 0 Å². The van der Waals surface area contributed by atoms with E-state index in [2.05, 4.69) is 68.2 Å². The van der Waals surface area contributed by atoms with E-state index >= 15 is 0 Å². The van der Waals surface area contributed by atoms with Crippen LogP contribution in [-0.4, -0.2) is 31.1 Å². The van der Waals surface area contributed by atoms with Crippen LogP contribution in [0.4, 0.5) is 0 Å². The van der Waals surface area contributed by atoms with Gasteiger partial charge in [-0.3, -0.25) is 0 Å². The first-order valence-electron chi connectivity index (χ1n) is 7.68. The molecule has 0 fully saturated rings. The van der Waals surface area contributed by atoms with Gasteiger partial charge in [-0.05, 0) is 37.5 Å². The summed E-state index contributed by atoms with van der Waals surface area (Å²) in [6.07, 6.45) is 1.18. The van der Waals surface area contributed by atoms with Crippen molar-refractivity contribution in [1.82, 2.24) is 10.2 Å². The van der Waals surface area contributed by atoms with E-state index < -0.39 is 0 Å². The van der Waals surface area contributed by atoms with Crippen molar-refractivity contribution in [3.8, 4) is 0 Å². The third-order valence-corrected chi connectivity index (χ3v) is 3.46. The van der Waals surface area contributed by atoms with E-state index in [-0.39, 0.29) is 0 Å². The lowest BCUT2D eigenvalue weighted by atomic mass is 10.0. The Morgan fingerprint density at radius 3 is 2.32 bits per heavy atom. The van der Waals surface area contributed by atoms with E-state index in [0.717, 1.165) is 19.0 Å². The van der Waals surface area contributed by atoms with E-state index in [1.165, 1.54) is 25.1 Å². The van der Waals surface area contributed by atoms with Crippen molar-refractivity contribution in [3.05, 3.63) is 35.9 Å². The van der Waals surface area contributed by atoms with Crippen LogP contribution in [0.3, 0.4) is 0 Å². The van der Waals surface area contributed by atoms with Crippen molar-refractivity contribution in [2.24, 2.45) is 5.92 Å². The van der Waals surface area contributed by atoms with Crippen LogP contribution in [-0.2, 0) is 0 Å². The highest BCUT2D eigenvalue weighted by atomic mass is 15.1. The predicted octanol–water partition coefficient (Wildman–Crippen LogP) is 3.71. The van der Waals surface area contributed by atoms with Crippen LogP contribution in [0, 0.1) is 5.92 Å². The lowest BCUT2D eigenvalue weighted by Crippen LogP contribution is -2.32. The maximum atomic E-state index is 3.61. The third kappa shape index (κ3) is 6.22. The second-order valence-electron chi connectivity index (χ2n) is 5.60. The summed E-state index contributed by atoms with van der Waals surface area (Å²) in [5.41, 5.74) is 1.41. The van der Waals surface area contributed by atoms with Crippen molar-refractivity contribution in [2.45, 2.75) is 40.2 Å². The second kappa shape index (κ2) is 9.11. The summed E-state index contributed by atoms with van der Waals surface area (Å²) in [5.74, 6) is 0.745. The fourth-order valence-corrected chi connectivity index (χ4v) is 2.52. The zero-order valence-corrected chi connectivity index (χ0v) is 13.0. The van der Waals surface area contributed by atoms with Gasteiger partial charge in [-0.15, -0.1) is 0 Å². The molecular formula is C17H30N2. The molecule has 0 amide bonds. The zero-order chi connectivity index (χ0) is 14.1. The van der Waals surface area contributed by atoms with Gasteiger partial charge in [0.15, 0.2) is 0 Å². The molecule has 0 bridgehead atoms. The minimum absolute atomic E-state index is 0.479. The van der Waals surface area contributed by atoms with Gasteiger partial charge in [0.05, 0.1) is 0 Å². The Balaban J connectivity index is 2.54. The van der Waals surface area contributed by atoms with Crippen LogP contribution in [0.5, 0.6) is 0 Å². The smallest absolute Gasteiger partial charge is 0.0332 e. The summed E-state index contributed by atoms with van der Waals surface area (Å²) in [6, 6.07) is 11.3. The van der Waals surface area contributed by atoms with Gasteiger partial charge < -0.3 is 10.2 Å². The summed E-state index contributed by atoms with van der Waals surface area (Å²) < 4.78 is 0. The van der Waals surface area contributed by atoms with Crippen molar-refractivity contribution >= 4 is 0 Å². The molecule has 1 aromatic rings. The number of hydrogen-bond acceptors (Lipinski definition) is 2. The van der Waals surface area contributed by atoms with Crippen LogP contribution < -0.4 is 5.32 Å². The number of hydrogen-bond donors (Lipinski definition) is 1. The first kappa shape index (κ1) is 16.2. The van der Waals surface area contributed by atoms with Gasteiger partial charge in [0.2, 0.25) is 0 Å². The first-order chi connectivity index (χ1) is 9.17. The average Bonchev–Trinajstić information content (AvgIpc) is 2.42. The summed E-state index contributed by atoms with van der Waals surface area (Å²) in [5, 5.41) is 3.61. The molecule has 108 valence electrons. The maximum absolute atomic E-state index is 3.61. The molecule has 2 nitrogen and oxygen atoms in total. The van der Waals surface area contributed by atoms with Gasteiger partial charge >= 0.3 is 0 Å². The molecule has 0 spiro atoms. The molecule has 0 aromatic heterocycles. The Morgan fingerprint density at radius 1 is 1.11 bits per heavy atom. The highest BCUT2D eigenvalue weighted by molar-refractivity contribution is 5.18. The number of nitrogens with zero attached hydrogens (tertiary/aromatic N) is 1. The number of benzene rings is 1. The minimum Gasteiger partial charge on any atom is -0.310 e. The molecule has 0 radical (unpaired) electrons. The van der Waals surface area contributed by atoms with Crippen molar-refractivity contribution < 1.29 is 0 Å². The predicted molar refractivity (Wildman–Crippen MR) is 84.4 cm³/mol. The molecule has 0 aliphatic heterocycles. The van der Waals surface area contributed by atoms with Crippen LogP contribution in [0.25, 0.3) is 0 Å². The van der Waals surface area contributed by atoms with E-state index in [1.807, 2.05) is 0 Å². The molecule has 1 atom stereocenters. The molecule has 0 heterocycles. The fourth-order valence-electron chi connectivity index (χ4n) is 2.52. The molecular weight excluding hydrogens is 232 g/mol. The second-order valence-corrected chi connectivity index (χ2v) is 5.60. The van der Waals surface area contributed by atoms with Crippen molar-refractivity contribution in [2.75, 3.05) is 26.2 Å². The Kier molecular flexibility index (Phi) is 7.76. The lowest BCUT2D eigenvalue weighted by molar-refractivity contribution is 0.242. The van der Waals surface area contributed by atoms with Crippen LogP contribution in [0.1, 0.15) is 45.7 Å². The average molecular weight is 262 g/mol. The normalized spacial score (nSPS) is 13.2. The Morgan fingerprint density at radius 2 is 1.79 bits per heavy atom. The number of nitrogens with one attached hydrogen (secondary N) is 1. The Labute approximate surface area is 119 Å². The molecule has 0 aliphatic rings. The molecule has 0 saturated heterocycles. The van der Waals surface area contributed by atoms with Crippen molar-refractivity contribution in [1.29, 1.82) is 0 Å². The van der Waals surface area contributed by atoms with Gasteiger partial charge in [-0.25, -0.2) is 0 Å². The summed E-state index contributed by atoms with van der Waals surface area (Å²) in [6.45, 7) is 13.6. The molecule has 1 N–H and O–H groups in total. The lowest BCUT2D eigenvalue weighted by Gasteiger charge is -2.26. The van der Waals surface area contributed by atoms with Gasteiger partial charge in [0.25, 0.3) is 0 Å². The molecule has 0 aliphatic carbocycles. The molecule has 1 unspecified atom stereocenters. The molecule has 1 rings (SSSR count). The zero-order valence-electron chi connectivity index (χ0n) is 13.0. The van der Waals surface area contributed by atoms with E-state index in [9.17, 15) is 0 Å². The number of rotatable bonds is 9. The molecule has 0 saturated carbocycles. The largest absolute Gasteiger partial charge is 0.310 e. The van der Waals surface area contributed by atoms with E-state index in [0.29, 0.717) is 6.04 Å². The highest BCUT2D eigenvalue weighted by Gasteiger charge is 2.12. The van der Waals surface area contributed by atoms with E-state index in [4.69, 9.17) is 0 Å². The maximum Gasteiger partial charge on any atom is 0.0332 e. The van der Waals surface area contributed by atoms with Crippen LogP contribution >= 0.6 is 0 Å². The quantitative estimate of drug-likeness (QED) is 0.730. The highest BCUT2D eigenvalue weighted by Crippen LogP contribution is 2.17. The summed E-state index contributed by atoms with van der Waals surface area (Å²) >= 11 is 0. The summed E-state index contributed by atoms with van der Waals surface area (Å²) in [7, 11) is 0. The molecule has 2 heteroatoms. The topological polar surface area (TPSA) is 15.3 Å². The minimum atomic E-state index is 0.479. The van der Waals surface area contributed by atoms with Gasteiger partial charge in [0.1, 0.15) is 0 Å². The molecule has 19 heavy (non-hydrogen) atoms.